The molecule has 1 aliphatic rings. The molecule has 0 radical (unpaired) electrons. The van der Waals surface area contributed by atoms with Gasteiger partial charge in [-0.05, 0) is 43.3 Å². The maximum atomic E-state index is 13.5. The Morgan fingerprint density at radius 1 is 0.953 bits per heavy atom. The van der Waals surface area contributed by atoms with E-state index in [1.54, 1.807) is 42.5 Å². The van der Waals surface area contributed by atoms with Crippen LogP contribution in [0.2, 0.25) is 0 Å². The molecular formula is C32H38N4O7. The van der Waals surface area contributed by atoms with Crippen molar-refractivity contribution in [3.63, 3.8) is 0 Å². The first-order chi connectivity index (χ1) is 20.8. The molecule has 0 saturated carbocycles. The number of benzene rings is 2. The summed E-state index contributed by atoms with van der Waals surface area (Å²) in [5.41, 5.74) is 7.06. The number of ether oxygens (including phenoxy) is 4. The highest BCUT2D eigenvalue weighted by atomic mass is 16.5. The summed E-state index contributed by atoms with van der Waals surface area (Å²) in [6, 6.07) is 15.4. The van der Waals surface area contributed by atoms with Gasteiger partial charge in [0.25, 0.3) is 0 Å². The number of nitriles is 1. The molecule has 11 heteroatoms. The van der Waals surface area contributed by atoms with E-state index in [0.29, 0.717) is 25.1 Å². The fourth-order valence-corrected chi connectivity index (χ4v) is 4.81. The number of hydrogen-bond donors (Lipinski definition) is 1. The van der Waals surface area contributed by atoms with Crippen LogP contribution in [0.1, 0.15) is 49.0 Å². The van der Waals surface area contributed by atoms with Crippen LogP contribution in [0.3, 0.4) is 0 Å². The number of nitrogens with zero attached hydrogens (tertiary/aromatic N) is 3. The van der Waals surface area contributed by atoms with E-state index < -0.39 is 23.8 Å². The molecule has 0 saturated heterocycles. The van der Waals surface area contributed by atoms with Gasteiger partial charge in [-0.15, -0.1) is 0 Å². The van der Waals surface area contributed by atoms with Gasteiger partial charge in [0.15, 0.2) is 0 Å². The van der Waals surface area contributed by atoms with Crippen LogP contribution in [0.4, 0.5) is 5.69 Å². The number of anilines is 1. The van der Waals surface area contributed by atoms with E-state index in [2.05, 4.69) is 11.0 Å². The SMILES string of the molecule is CCCOc1ccc(C(=O)OCCN(CC)CC)cc1N1C(N)=C(C#N)C(c2ccccc2)C(C(=O)OC)=C1C(=O)OC. The van der Waals surface area contributed by atoms with Crippen molar-refractivity contribution in [3.8, 4) is 11.8 Å². The number of nitrogens with two attached hydrogens (primary N) is 1. The third-order valence-corrected chi connectivity index (χ3v) is 7.04. The quantitative estimate of drug-likeness (QED) is 0.268. The van der Waals surface area contributed by atoms with Gasteiger partial charge in [-0.25, -0.2) is 14.4 Å². The second kappa shape index (κ2) is 15.4. The molecule has 1 heterocycles. The molecule has 43 heavy (non-hydrogen) atoms. The predicted octanol–water partition coefficient (Wildman–Crippen LogP) is 3.87. The smallest absolute Gasteiger partial charge is 0.355 e. The summed E-state index contributed by atoms with van der Waals surface area (Å²) < 4.78 is 21.7. The number of allylic oxidation sites excluding steroid dienone is 1. The summed E-state index contributed by atoms with van der Waals surface area (Å²) in [6.45, 7) is 8.64. The van der Waals surface area contributed by atoms with E-state index in [0.717, 1.165) is 20.2 Å². The number of carbonyl (C=O) groups is 3. The molecule has 0 aliphatic carbocycles. The molecule has 1 atom stereocenters. The number of likely N-dealkylation sites (N-methyl/N-ethyl adjacent to an activating group) is 1. The highest BCUT2D eigenvalue weighted by Crippen LogP contribution is 2.45. The molecule has 3 rings (SSSR count). The Kier molecular flexibility index (Phi) is 11.7. The fraction of sp³-hybridized carbons (Fsp3) is 0.375. The summed E-state index contributed by atoms with van der Waals surface area (Å²) in [6.07, 6.45) is 0.659. The lowest BCUT2D eigenvalue weighted by molar-refractivity contribution is -0.139. The van der Waals surface area contributed by atoms with E-state index in [4.69, 9.17) is 24.7 Å². The van der Waals surface area contributed by atoms with Crippen molar-refractivity contribution in [2.24, 2.45) is 5.73 Å². The summed E-state index contributed by atoms with van der Waals surface area (Å²) in [5.74, 6) is -3.28. The normalized spacial score (nSPS) is 14.8. The minimum atomic E-state index is -1.03. The Balaban J connectivity index is 2.27. The topological polar surface area (TPSA) is 144 Å². The molecule has 0 spiro atoms. The number of esters is 3. The van der Waals surface area contributed by atoms with Crippen LogP contribution >= 0.6 is 0 Å². The predicted molar refractivity (Wildman–Crippen MR) is 160 cm³/mol. The maximum Gasteiger partial charge on any atom is 0.355 e. The lowest BCUT2D eigenvalue weighted by atomic mass is 9.81. The molecule has 2 aromatic carbocycles. The van der Waals surface area contributed by atoms with Crippen molar-refractivity contribution in [1.82, 2.24) is 4.90 Å². The molecule has 0 aromatic heterocycles. The van der Waals surface area contributed by atoms with Gasteiger partial charge in [0.1, 0.15) is 23.9 Å². The van der Waals surface area contributed by atoms with Gasteiger partial charge in [0, 0.05) is 6.54 Å². The van der Waals surface area contributed by atoms with Crippen LogP contribution in [0.25, 0.3) is 0 Å². The highest BCUT2D eigenvalue weighted by molar-refractivity contribution is 6.07. The monoisotopic (exact) mass is 590 g/mol. The van der Waals surface area contributed by atoms with E-state index >= 15 is 0 Å². The van der Waals surface area contributed by atoms with Gasteiger partial charge >= 0.3 is 17.9 Å². The van der Waals surface area contributed by atoms with E-state index in [9.17, 15) is 19.6 Å². The molecule has 2 N–H and O–H groups in total. The zero-order valence-electron chi connectivity index (χ0n) is 25.2. The van der Waals surface area contributed by atoms with Crippen molar-refractivity contribution < 1.29 is 33.3 Å². The Morgan fingerprint density at radius 2 is 1.63 bits per heavy atom. The molecule has 1 unspecified atom stereocenters. The van der Waals surface area contributed by atoms with Crippen LogP contribution in [-0.2, 0) is 23.8 Å². The third kappa shape index (κ3) is 7.16. The Bertz CT molecular complexity index is 1420. The largest absolute Gasteiger partial charge is 0.491 e. The van der Waals surface area contributed by atoms with Crippen LogP contribution < -0.4 is 15.4 Å². The molecule has 228 valence electrons. The third-order valence-electron chi connectivity index (χ3n) is 7.04. The molecule has 11 nitrogen and oxygen atoms in total. The summed E-state index contributed by atoms with van der Waals surface area (Å²) >= 11 is 0. The summed E-state index contributed by atoms with van der Waals surface area (Å²) in [7, 11) is 2.34. The van der Waals surface area contributed by atoms with Crippen molar-refractivity contribution in [2.45, 2.75) is 33.1 Å². The highest BCUT2D eigenvalue weighted by Gasteiger charge is 2.43. The lowest BCUT2D eigenvalue weighted by Gasteiger charge is -2.36. The van der Waals surface area contributed by atoms with Gasteiger partial charge in [0.05, 0.1) is 55.2 Å². The van der Waals surface area contributed by atoms with Gasteiger partial charge < -0.3 is 29.6 Å². The van der Waals surface area contributed by atoms with Crippen molar-refractivity contribution in [3.05, 3.63) is 82.3 Å². The first-order valence-corrected chi connectivity index (χ1v) is 14.1. The van der Waals surface area contributed by atoms with Gasteiger partial charge in [-0.3, -0.25) is 4.90 Å². The molecule has 2 aromatic rings. The zero-order valence-corrected chi connectivity index (χ0v) is 25.2. The molecule has 1 aliphatic heterocycles. The number of methoxy groups -OCH3 is 2. The second-order valence-electron chi connectivity index (χ2n) is 9.53. The average Bonchev–Trinajstić information content (AvgIpc) is 3.04. The van der Waals surface area contributed by atoms with Crippen LogP contribution in [0.15, 0.2) is 71.2 Å². The Hall–Kier alpha value is -4.82. The maximum absolute atomic E-state index is 13.5. The average molecular weight is 591 g/mol. The Morgan fingerprint density at radius 3 is 2.21 bits per heavy atom. The molecular weight excluding hydrogens is 552 g/mol. The number of carbonyl (C=O) groups excluding carboxylic acids is 3. The zero-order chi connectivity index (χ0) is 31.5. The van der Waals surface area contributed by atoms with Crippen LogP contribution in [-0.4, -0.2) is 69.9 Å². The number of rotatable bonds is 13. The van der Waals surface area contributed by atoms with Crippen LogP contribution in [0.5, 0.6) is 5.75 Å². The second-order valence-corrected chi connectivity index (χ2v) is 9.53. The number of hydrogen-bond acceptors (Lipinski definition) is 11. The first-order valence-electron chi connectivity index (χ1n) is 14.1. The molecule has 0 bridgehead atoms. The summed E-state index contributed by atoms with van der Waals surface area (Å²) in [4.78, 5) is 43.3. The standard InChI is InChI=1S/C32H38N4O7/c1-6-17-42-25-15-14-22(30(37)43-18-16-35(7-2)8-3)19-24(25)36-28(32(39)41-5)27(31(38)40-4)26(23(20-33)29(36)34)21-12-10-9-11-13-21/h9-15,19,26H,6-8,16-18,34H2,1-5H3. The molecule has 0 fully saturated rings. The van der Waals surface area contributed by atoms with Crippen molar-refractivity contribution >= 4 is 23.6 Å². The van der Waals surface area contributed by atoms with Crippen molar-refractivity contribution in [2.75, 3.05) is 52.0 Å². The van der Waals surface area contributed by atoms with E-state index in [1.165, 1.54) is 18.1 Å². The van der Waals surface area contributed by atoms with Crippen molar-refractivity contribution in [1.29, 1.82) is 5.26 Å². The Labute approximate surface area is 252 Å². The molecule has 0 amide bonds. The van der Waals surface area contributed by atoms with Crippen LogP contribution in [0, 0.1) is 11.3 Å². The minimum Gasteiger partial charge on any atom is -0.491 e. The van der Waals surface area contributed by atoms with Gasteiger partial charge in [0.2, 0.25) is 0 Å². The first kappa shape index (κ1) is 32.7. The minimum absolute atomic E-state index is 0.00658. The van der Waals surface area contributed by atoms with Gasteiger partial charge in [-0.1, -0.05) is 51.1 Å². The van der Waals surface area contributed by atoms with E-state index in [-0.39, 0.29) is 46.3 Å². The lowest BCUT2D eigenvalue weighted by Crippen LogP contribution is -2.41. The van der Waals surface area contributed by atoms with E-state index in [1.807, 2.05) is 20.8 Å². The fourth-order valence-electron chi connectivity index (χ4n) is 4.81. The summed E-state index contributed by atoms with van der Waals surface area (Å²) in [5, 5.41) is 10.3. The van der Waals surface area contributed by atoms with Gasteiger partial charge in [-0.2, -0.15) is 5.26 Å².